The molecule has 0 amide bonds. The zero-order valence-electron chi connectivity index (χ0n) is 44.2. The van der Waals surface area contributed by atoms with Crippen LogP contribution in [0.25, 0.3) is 0 Å². The van der Waals surface area contributed by atoms with E-state index in [2.05, 4.69) is 57.2 Å². The molecule has 0 aliphatic rings. The summed E-state index contributed by atoms with van der Waals surface area (Å²) in [5.74, 6) is -0.859. The van der Waals surface area contributed by atoms with Gasteiger partial charge < -0.3 is 14.2 Å². The molecule has 0 heterocycles. The van der Waals surface area contributed by atoms with Crippen LogP contribution < -0.4 is 0 Å². The molecule has 0 aromatic heterocycles. The van der Waals surface area contributed by atoms with E-state index in [9.17, 15) is 14.4 Å². The van der Waals surface area contributed by atoms with Crippen LogP contribution in [-0.2, 0) is 28.6 Å². The van der Waals surface area contributed by atoms with E-state index in [0.29, 0.717) is 19.3 Å². The molecule has 6 heteroatoms. The van der Waals surface area contributed by atoms with E-state index in [4.69, 9.17) is 14.2 Å². The van der Waals surface area contributed by atoms with Crippen molar-refractivity contribution < 1.29 is 28.6 Å². The number of unbranched alkanes of at least 4 members (excludes halogenated alkanes) is 36. The van der Waals surface area contributed by atoms with Gasteiger partial charge in [-0.2, -0.15) is 0 Å². The first-order valence-corrected chi connectivity index (χ1v) is 29.0. The molecule has 0 aromatic carbocycles. The highest BCUT2D eigenvalue weighted by Gasteiger charge is 2.19. The predicted molar refractivity (Wildman–Crippen MR) is 284 cm³/mol. The molecular weight excluding hydrogens is 817 g/mol. The molecule has 66 heavy (non-hydrogen) atoms. The second kappa shape index (κ2) is 55.2. The van der Waals surface area contributed by atoms with Gasteiger partial charge in [0, 0.05) is 19.3 Å². The Kier molecular flexibility index (Phi) is 53.2. The van der Waals surface area contributed by atoms with Gasteiger partial charge in [0.25, 0.3) is 0 Å². The first-order valence-electron chi connectivity index (χ1n) is 29.0. The van der Waals surface area contributed by atoms with Crippen LogP contribution in [0.1, 0.15) is 310 Å². The quantitative estimate of drug-likeness (QED) is 0.0262. The van der Waals surface area contributed by atoms with Gasteiger partial charge in [-0.1, -0.05) is 269 Å². The van der Waals surface area contributed by atoms with E-state index in [0.717, 1.165) is 70.6 Å². The highest BCUT2D eigenvalue weighted by Crippen LogP contribution is 2.16. The third-order valence-electron chi connectivity index (χ3n) is 12.9. The number of rotatable bonds is 53. The Morgan fingerprint density at radius 2 is 0.545 bits per heavy atom. The molecule has 0 aliphatic carbocycles. The lowest BCUT2D eigenvalue weighted by Gasteiger charge is -2.18. The van der Waals surface area contributed by atoms with Crippen molar-refractivity contribution in [2.45, 2.75) is 316 Å². The van der Waals surface area contributed by atoms with Crippen molar-refractivity contribution in [1.82, 2.24) is 0 Å². The Hall–Kier alpha value is -2.37. The third kappa shape index (κ3) is 52.6. The van der Waals surface area contributed by atoms with Gasteiger partial charge in [0.2, 0.25) is 0 Å². The van der Waals surface area contributed by atoms with Crippen LogP contribution in [0.5, 0.6) is 0 Å². The summed E-state index contributed by atoms with van der Waals surface area (Å²) in [5.41, 5.74) is 0. The van der Waals surface area contributed by atoms with E-state index >= 15 is 0 Å². The average molecular weight is 928 g/mol. The van der Waals surface area contributed by atoms with Crippen molar-refractivity contribution in [3.05, 3.63) is 36.5 Å². The van der Waals surface area contributed by atoms with Gasteiger partial charge in [-0.3, -0.25) is 14.4 Å². The number of carbonyl (C=O) groups is 3. The van der Waals surface area contributed by atoms with Crippen molar-refractivity contribution in [2.75, 3.05) is 13.2 Å². The number of allylic oxidation sites excluding steroid dienone is 6. The van der Waals surface area contributed by atoms with Gasteiger partial charge in [-0.25, -0.2) is 0 Å². The molecule has 0 saturated carbocycles. The fraction of sp³-hybridized carbons (Fsp3) is 0.850. The second-order valence-electron chi connectivity index (χ2n) is 19.6. The standard InChI is InChI=1S/C60H110O6/c1-4-7-10-13-16-19-21-23-25-26-27-28-29-30-31-32-33-34-35-37-38-41-44-47-50-53-59(62)65-56-57(55-64-58(61)52-49-46-43-40-18-15-12-9-6-3)66-60(63)54-51-48-45-42-39-36-24-22-20-17-14-11-8-5-2/h21,23,26-27,29-30,57H,4-20,22,24-25,28,31-56H2,1-3H3/b23-21-,27-26-,30-29-. The fourth-order valence-corrected chi connectivity index (χ4v) is 8.51. The van der Waals surface area contributed by atoms with Gasteiger partial charge in [-0.15, -0.1) is 0 Å². The Balaban J connectivity index is 4.18. The molecule has 6 nitrogen and oxygen atoms in total. The molecule has 0 fully saturated rings. The van der Waals surface area contributed by atoms with Crippen LogP contribution >= 0.6 is 0 Å². The van der Waals surface area contributed by atoms with Crippen molar-refractivity contribution in [3.8, 4) is 0 Å². The minimum Gasteiger partial charge on any atom is -0.462 e. The maximum Gasteiger partial charge on any atom is 0.306 e. The van der Waals surface area contributed by atoms with Gasteiger partial charge >= 0.3 is 17.9 Å². The van der Waals surface area contributed by atoms with Crippen LogP contribution in [0.4, 0.5) is 0 Å². The van der Waals surface area contributed by atoms with Crippen LogP contribution in [0.2, 0.25) is 0 Å². The van der Waals surface area contributed by atoms with Crippen molar-refractivity contribution in [1.29, 1.82) is 0 Å². The van der Waals surface area contributed by atoms with Crippen molar-refractivity contribution in [3.63, 3.8) is 0 Å². The van der Waals surface area contributed by atoms with Gasteiger partial charge in [0.1, 0.15) is 13.2 Å². The monoisotopic (exact) mass is 927 g/mol. The lowest BCUT2D eigenvalue weighted by Crippen LogP contribution is -2.30. The van der Waals surface area contributed by atoms with Gasteiger partial charge in [0.05, 0.1) is 0 Å². The fourth-order valence-electron chi connectivity index (χ4n) is 8.51. The van der Waals surface area contributed by atoms with Crippen molar-refractivity contribution in [2.24, 2.45) is 0 Å². The molecule has 386 valence electrons. The van der Waals surface area contributed by atoms with E-state index in [1.807, 2.05) is 0 Å². The molecule has 1 unspecified atom stereocenters. The molecule has 0 saturated heterocycles. The third-order valence-corrected chi connectivity index (χ3v) is 12.9. The highest BCUT2D eigenvalue weighted by molar-refractivity contribution is 5.71. The zero-order valence-corrected chi connectivity index (χ0v) is 44.2. The summed E-state index contributed by atoms with van der Waals surface area (Å²) < 4.78 is 16.8. The predicted octanol–water partition coefficient (Wildman–Crippen LogP) is 19.3. The maximum atomic E-state index is 12.8. The van der Waals surface area contributed by atoms with Crippen molar-refractivity contribution >= 4 is 17.9 Å². The summed E-state index contributed by atoms with van der Waals surface area (Å²) >= 11 is 0. The highest BCUT2D eigenvalue weighted by atomic mass is 16.6. The number of carbonyl (C=O) groups excluding carboxylic acids is 3. The molecule has 0 radical (unpaired) electrons. The van der Waals surface area contributed by atoms with Crippen LogP contribution in [0.15, 0.2) is 36.5 Å². The second-order valence-corrected chi connectivity index (χ2v) is 19.6. The van der Waals surface area contributed by atoms with Gasteiger partial charge in [0.15, 0.2) is 6.10 Å². The minimum absolute atomic E-state index is 0.0687. The molecule has 0 rings (SSSR count). The molecule has 0 aliphatic heterocycles. The molecule has 0 aromatic rings. The van der Waals surface area contributed by atoms with E-state index < -0.39 is 6.10 Å². The number of esters is 3. The number of hydrogen-bond acceptors (Lipinski definition) is 6. The summed E-state index contributed by atoms with van der Waals surface area (Å²) in [6.45, 7) is 6.64. The van der Waals surface area contributed by atoms with Crippen LogP contribution in [0, 0.1) is 0 Å². The summed E-state index contributed by atoms with van der Waals surface area (Å²) in [6.07, 6.45) is 65.7. The minimum atomic E-state index is -0.767. The van der Waals surface area contributed by atoms with Crippen LogP contribution in [0.3, 0.4) is 0 Å². The maximum absolute atomic E-state index is 12.8. The Labute approximate surface area is 410 Å². The largest absolute Gasteiger partial charge is 0.462 e. The first-order chi connectivity index (χ1) is 32.5. The van der Waals surface area contributed by atoms with E-state index in [1.165, 1.54) is 199 Å². The molecule has 0 spiro atoms. The zero-order chi connectivity index (χ0) is 47.9. The lowest BCUT2D eigenvalue weighted by molar-refractivity contribution is -0.167. The normalized spacial score (nSPS) is 12.2. The summed E-state index contributed by atoms with van der Waals surface area (Å²) in [4.78, 5) is 38.0. The van der Waals surface area contributed by atoms with Gasteiger partial charge in [-0.05, 0) is 57.8 Å². The summed E-state index contributed by atoms with van der Waals surface area (Å²) in [7, 11) is 0. The SMILES string of the molecule is CCCCCCC/C=C\C/C=C\C/C=C\CCCCCCCCCCCCC(=O)OCC(COC(=O)CCCCCCCCCCC)OC(=O)CCCCCCCCCCCCCCCC. The topological polar surface area (TPSA) is 78.9 Å². The average Bonchev–Trinajstić information content (AvgIpc) is 3.31. The van der Waals surface area contributed by atoms with Crippen LogP contribution in [-0.4, -0.2) is 37.2 Å². The first kappa shape index (κ1) is 63.6. The Morgan fingerprint density at radius 1 is 0.303 bits per heavy atom. The Morgan fingerprint density at radius 3 is 0.848 bits per heavy atom. The smallest absolute Gasteiger partial charge is 0.306 e. The summed E-state index contributed by atoms with van der Waals surface area (Å²) in [5, 5.41) is 0. The van der Waals surface area contributed by atoms with E-state index in [1.54, 1.807) is 0 Å². The molecule has 0 N–H and O–H groups in total. The molecule has 0 bridgehead atoms. The number of hydrogen-bond donors (Lipinski definition) is 0. The Bertz CT molecular complexity index is 1110. The summed E-state index contributed by atoms with van der Waals surface area (Å²) in [6, 6.07) is 0. The molecule has 1 atom stereocenters. The number of ether oxygens (including phenoxy) is 3. The lowest BCUT2D eigenvalue weighted by atomic mass is 10.0. The molecular formula is C60H110O6. The van der Waals surface area contributed by atoms with E-state index in [-0.39, 0.29) is 31.1 Å².